The first-order valence-electron chi connectivity index (χ1n) is 9.55. The van der Waals surface area contributed by atoms with Gasteiger partial charge in [0.2, 0.25) is 0 Å². The van der Waals surface area contributed by atoms with Crippen LogP contribution in [0, 0.1) is 0 Å². The molecule has 2 heterocycles. The van der Waals surface area contributed by atoms with E-state index in [1.165, 1.54) is 11.1 Å². The van der Waals surface area contributed by atoms with E-state index in [0.717, 1.165) is 43.1 Å². The third-order valence-electron chi connectivity index (χ3n) is 5.25. The number of methoxy groups -OCH3 is 1. The largest absolute Gasteiger partial charge is 0.497 e. The van der Waals surface area contributed by atoms with Gasteiger partial charge in [0.15, 0.2) is 0 Å². The molecule has 5 nitrogen and oxygen atoms in total. The normalized spacial score (nSPS) is 17.9. The number of hydrogen-bond donors (Lipinski definition) is 1. The van der Waals surface area contributed by atoms with Crippen molar-refractivity contribution in [3.63, 3.8) is 0 Å². The molecule has 4 rings (SSSR count). The topological polar surface area (TPSA) is 40.6 Å². The molecule has 0 bridgehead atoms. The molecule has 0 spiro atoms. The zero-order chi connectivity index (χ0) is 18.6. The molecule has 1 saturated heterocycles. The van der Waals surface area contributed by atoms with Crippen LogP contribution in [0.25, 0.3) is 10.9 Å². The van der Waals surface area contributed by atoms with Gasteiger partial charge in [0.1, 0.15) is 11.6 Å². The van der Waals surface area contributed by atoms with Crippen molar-refractivity contribution in [3.8, 4) is 5.75 Å². The maximum Gasteiger partial charge on any atom is 0.141 e. The van der Waals surface area contributed by atoms with E-state index in [-0.39, 0.29) is 0 Å². The molecule has 27 heavy (non-hydrogen) atoms. The summed E-state index contributed by atoms with van der Waals surface area (Å²) in [6, 6.07) is 21.2. The number of nitrogens with one attached hydrogen (secondary N) is 1. The third kappa shape index (κ3) is 3.83. The molecule has 2 aromatic carbocycles. The van der Waals surface area contributed by atoms with Crippen molar-refractivity contribution in [3.05, 3.63) is 60.7 Å². The monoisotopic (exact) mass is 362 g/mol. The number of anilines is 2. The molecule has 0 amide bonds. The number of hydrogen-bond acceptors (Lipinski definition) is 5. The summed E-state index contributed by atoms with van der Waals surface area (Å²) in [5.41, 5.74) is 5.81. The highest BCUT2D eigenvalue weighted by Crippen LogP contribution is 2.24. The number of fused-ring (bicyclic) bond motifs is 1. The molecule has 1 aliphatic heterocycles. The summed E-state index contributed by atoms with van der Waals surface area (Å²) in [5.74, 6) is 1.80. The molecule has 1 fully saturated rings. The van der Waals surface area contributed by atoms with Crippen LogP contribution in [0.3, 0.4) is 0 Å². The number of aromatic nitrogens is 1. The molecule has 0 radical (unpaired) electrons. The maximum atomic E-state index is 5.27. The summed E-state index contributed by atoms with van der Waals surface area (Å²) in [7, 11) is 1.70. The lowest BCUT2D eigenvalue weighted by Crippen LogP contribution is -2.55. The minimum absolute atomic E-state index is 0.425. The summed E-state index contributed by atoms with van der Waals surface area (Å²) in [5, 5.41) is 3.50. The van der Waals surface area contributed by atoms with Crippen molar-refractivity contribution in [1.82, 2.24) is 9.99 Å². The van der Waals surface area contributed by atoms with Crippen molar-refractivity contribution in [2.24, 2.45) is 0 Å². The summed E-state index contributed by atoms with van der Waals surface area (Å²) in [6.07, 6.45) is 1.08. The maximum absolute atomic E-state index is 5.27. The Labute approximate surface area is 160 Å². The minimum Gasteiger partial charge on any atom is -0.497 e. The van der Waals surface area contributed by atoms with Crippen LogP contribution >= 0.6 is 0 Å². The zero-order valence-corrected chi connectivity index (χ0v) is 15.9. The summed E-state index contributed by atoms with van der Waals surface area (Å²) in [4.78, 5) is 7.20. The Hall–Kier alpha value is -2.79. The molecule has 5 heteroatoms. The van der Waals surface area contributed by atoms with Gasteiger partial charge in [-0.1, -0.05) is 25.1 Å². The Kier molecular flexibility index (Phi) is 5.12. The van der Waals surface area contributed by atoms with E-state index in [9.17, 15) is 0 Å². The van der Waals surface area contributed by atoms with E-state index in [0.29, 0.717) is 6.04 Å². The highest BCUT2D eigenvalue weighted by atomic mass is 16.5. The molecule has 1 aliphatic rings. The average Bonchev–Trinajstić information content (AvgIpc) is 2.74. The van der Waals surface area contributed by atoms with Crippen molar-refractivity contribution in [2.75, 3.05) is 37.1 Å². The van der Waals surface area contributed by atoms with Gasteiger partial charge in [-0.15, -0.1) is 0 Å². The van der Waals surface area contributed by atoms with E-state index in [2.05, 4.69) is 58.7 Å². The van der Waals surface area contributed by atoms with Crippen LogP contribution in [0.2, 0.25) is 0 Å². The van der Waals surface area contributed by atoms with Gasteiger partial charge in [-0.3, -0.25) is 0 Å². The number of nitrogens with zero attached hydrogens (tertiary/aromatic N) is 3. The molecule has 0 saturated carbocycles. The van der Waals surface area contributed by atoms with Crippen LogP contribution in [0.4, 0.5) is 11.5 Å². The van der Waals surface area contributed by atoms with Gasteiger partial charge in [-0.05, 0) is 48.9 Å². The van der Waals surface area contributed by atoms with E-state index in [1.54, 1.807) is 7.11 Å². The quantitative estimate of drug-likeness (QED) is 0.738. The first-order chi connectivity index (χ1) is 13.3. The fourth-order valence-electron chi connectivity index (χ4n) is 3.65. The number of ether oxygens (including phenoxy) is 1. The van der Waals surface area contributed by atoms with Gasteiger partial charge in [-0.2, -0.15) is 0 Å². The van der Waals surface area contributed by atoms with E-state index in [1.807, 2.05) is 24.3 Å². The molecule has 1 aromatic heterocycles. The van der Waals surface area contributed by atoms with Gasteiger partial charge < -0.3 is 15.1 Å². The van der Waals surface area contributed by atoms with Crippen LogP contribution in [0.15, 0.2) is 60.7 Å². The fraction of sp³-hybridized carbons (Fsp3) is 0.318. The predicted octanol–water partition coefficient (Wildman–Crippen LogP) is 4.17. The van der Waals surface area contributed by atoms with Crippen LogP contribution in [0.1, 0.15) is 13.3 Å². The number of hydrazine groups is 1. The van der Waals surface area contributed by atoms with Gasteiger partial charge in [-0.25, -0.2) is 9.99 Å². The Morgan fingerprint density at radius 3 is 2.63 bits per heavy atom. The van der Waals surface area contributed by atoms with Gasteiger partial charge in [0.25, 0.3) is 0 Å². The summed E-state index contributed by atoms with van der Waals surface area (Å²) < 4.78 is 5.27. The van der Waals surface area contributed by atoms with E-state index >= 15 is 0 Å². The van der Waals surface area contributed by atoms with Crippen LogP contribution in [-0.2, 0) is 0 Å². The number of rotatable bonds is 5. The number of para-hydroxylation sites is 1. The standard InChI is InChI=1S/C22H26N4O/c1-3-18-16-25(19-9-11-20(27-2)12-10-19)14-15-26(18)24-22-13-8-17-6-4-5-7-21(17)23-22/h4-13,18H,3,14-16H2,1-2H3,(H,23,24). The Morgan fingerprint density at radius 1 is 1.04 bits per heavy atom. The molecule has 1 N–H and O–H groups in total. The number of benzene rings is 2. The Balaban J connectivity index is 1.46. The molecule has 0 aliphatic carbocycles. The van der Waals surface area contributed by atoms with Crippen molar-refractivity contribution in [1.29, 1.82) is 0 Å². The summed E-state index contributed by atoms with van der Waals surface area (Å²) in [6.45, 7) is 5.15. The van der Waals surface area contributed by atoms with Crippen molar-refractivity contribution >= 4 is 22.4 Å². The minimum atomic E-state index is 0.425. The lowest BCUT2D eigenvalue weighted by Gasteiger charge is -2.42. The van der Waals surface area contributed by atoms with E-state index < -0.39 is 0 Å². The second-order valence-electron chi connectivity index (χ2n) is 6.90. The first kappa shape index (κ1) is 17.6. The smallest absolute Gasteiger partial charge is 0.141 e. The highest BCUT2D eigenvalue weighted by Gasteiger charge is 2.26. The fourth-order valence-corrected chi connectivity index (χ4v) is 3.65. The van der Waals surface area contributed by atoms with Gasteiger partial charge in [0, 0.05) is 36.7 Å². The second kappa shape index (κ2) is 7.84. The molecular formula is C22H26N4O. The van der Waals surface area contributed by atoms with Crippen LogP contribution < -0.4 is 15.1 Å². The number of pyridine rings is 1. The average molecular weight is 362 g/mol. The third-order valence-corrected chi connectivity index (χ3v) is 5.25. The van der Waals surface area contributed by atoms with Gasteiger partial charge >= 0.3 is 0 Å². The predicted molar refractivity (Wildman–Crippen MR) is 111 cm³/mol. The van der Waals surface area contributed by atoms with Crippen LogP contribution in [-0.4, -0.2) is 42.8 Å². The van der Waals surface area contributed by atoms with E-state index in [4.69, 9.17) is 9.72 Å². The SMILES string of the molecule is CCC1CN(c2ccc(OC)cc2)CCN1Nc1ccc2ccccc2n1. The van der Waals surface area contributed by atoms with Gasteiger partial charge in [0.05, 0.1) is 12.6 Å². The second-order valence-corrected chi connectivity index (χ2v) is 6.90. The zero-order valence-electron chi connectivity index (χ0n) is 15.9. The highest BCUT2D eigenvalue weighted by molar-refractivity contribution is 5.79. The lowest BCUT2D eigenvalue weighted by molar-refractivity contribution is 0.209. The Bertz CT molecular complexity index is 896. The van der Waals surface area contributed by atoms with Crippen molar-refractivity contribution in [2.45, 2.75) is 19.4 Å². The first-order valence-corrected chi connectivity index (χ1v) is 9.55. The molecule has 1 atom stereocenters. The van der Waals surface area contributed by atoms with Crippen LogP contribution in [0.5, 0.6) is 5.75 Å². The lowest BCUT2D eigenvalue weighted by atomic mass is 10.1. The summed E-state index contributed by atoms with van der Waals surface area (Å²) >= 11 is 0. The molecule has 1 unspecified atom stereocenters. The molecule has 3 aromatic rings. The Morgan fingerprint density at radius 2 is 1.85 bits per heavy atom. The number of piperazine rings is 1. The molecular weight excluding hydrogens is 336 g/mol. The molecule has 140 valence electrons. The van der Waals surface area contributed by atoms with Crippen molar-refractivity contribution < 1.29 is 4.74 Å².